The molecule has 1 amide bonds. The van der Waals surface area contributed by atoms with Crippen LogP contribution in [-0.2, 0) is 17.8 Å². The van der Waals surface area contributed by atoms with E-state index in [1.54, 1.807) is 12.3 Å². The summed E-state index contributed by atoms with van der Waals surface area (Å²) in [4.78, 5) is 31.3. The highest BCUT2D eigenvalue weighted by Crippen LogP contribution is 2.27. The first-order valence-electron chi connectivity index (χ1n) is 12.4. The van der Waals surface area contributed by atoms with Crippen molar-refractivity contribution in [2.75, 3.05) is 26.2 Å². The molecule has 7 nitrogen and oxygen atoms in total. The lowest BCUT2D eigenvalue weighted by Crippen LogP contribution is -2.49. The Hall–Kier alpha value is -3.93. The Kier molecular flexibility index (Phi) is 7.56. The van der Waals surface area contributed by atoms with Gasteiger partial charge in [-0.3, -0.25) is 19.7 Å². The van der Waals surface area contributed by atoms with Crippen LogP contribution in [0.5, 0.6) is 0 Å². The molecular weight excluding hydrogens is 519 g/mol. The van der Waals surface area contributed by atoms with Crippen molar-refractivity contribution in [2.24, 2.45) is 0 Å². The van der Waals surface area contributed by atoms with Gasteiger partial charge in [-0.15, -0.1) is 0 Å². The number of hydrogen-bond donors (Lipinski definition) is 1. The fraction of sp³-hybridized carbons (Fsp3) is 0.333. The second-order valence-corrected chi connectivity index (χ2v) is 9.47. The first-order valence-corrected chi connectivity index (χ1v) is 12.4. The molecule has 204 valence electrons. The molecule has 0 spiro atoms. The third kappa shape index (κ3) is 6.75. The normalized spacial score (nSPS) is 14.9. The van der Waals surface area contributed by atoms with Gasteiger partial charge in [-0.25, -0.2) is 13.8 Å². The summed E-state index contributed by atoms with van der Waals surface area (Å²) >= 11 is 0. The number of nitrogens with one attached hydrogen (secondary N) is 1. The number of benzene rings is 1. The van der Waals surface area contributed by atoms with Gasteiger partial charge in [0.05, 0.1) is 11.0 Å². The Balaban J connectivity index is 1.22. The second kappa shape index (κ2) is 11.0. The van der Waals surface area contributed by atoms with Crippen LogP contribution in [-0.4, -0.2) is 68.0 Å². The van der Waals surface area contributed by atoms with Crippen LogP contribution in [0.4, 0.5) is 22.0 Å². The quantitative estimate of drug-likeness (QED) is 0.326. The minimum absolute atomic E-state index is 0.261. The molecule has 39 heavy (non-hydrogen) atoms. The molecular formula is C27H25F5N6O. The maximum absolute atomic E-state index is 13.0. The van der Waals surface area contributed by atoms with E-state index in [1.165, 1.54) is 17.2 Å². The van der Waals surface area contributed by atoms with Gasteiger partial charge in [0.2, 0.25) is 5.91 Å². The molecule has 4 heterocycles. The molecule has 0 radical (unpaired) electrons. The zero-order valence-electron chi connectivity index (χ0n) is 20.8. The van der Waals surface area contributed by atoms with Gasteiger partial charge in [0, 0.05) is 57.2 Å². The Labute approximate surface area is 220 Å². The number of alkyl halides is 5. The van der Waals surface area contributed by atoms with E-state index < -0.39 is 24.9 Å². The molecule has 0 bridgehead atoms. The summed E-state index contributed by atoms with van der Waals surface area (Å²) in [6, 6.07) is 12.4. The summed E-state index contributed by atoms with van der Waals surface area (Å²) in [5.41, 5.74) is 4.43. The van der Waals surface area contributed by atoms with Crippen LogP contribution >= 0.6 is 0 Å². The van der Waals surface area contributed by atoms with Gasteiger partial charge in [0.1, 0.15) is 17.9 Å². The maximum atomic E-state index is 13.0. The number of rotatable bonds is 7. The number of halogens is 5. The summed E-state index contributed by atoms with van der Waals surface area (Å²) in [7, 11) is 0. The van der Waals surface area contributed by atoms with E-state index >= 15 is 0 Å². The standard InChI is InChI=1S/C27H25F5N6O/c28-26(29)23-13-19(4-6-34-23)18-1-2-21-22(12-18)36-24(35-21)14-20-11-17(3-5-33-20)16-37-7-9-38(10-8-37)25(39)15-27(30,31)32/h1-6,11-13,26H,7-10,14-16H2,(H,35,36). The summed E-state index contributed by atoms with van der Waals surface area (Å²) < 4.78 is 63.6. The van der Waals surface area contributed by atoms with Crippen molar-refractivity contribution in [3.8, 4) is 11.1 Å². The minimum Gasteiger partial charge on any atom is -0.342 e. The fourth-order valence-corrected chi connectivity index (χ4v) is 4.66. The molecule has 0 saturated carbocycles. The van der Waals surface area contributed by atoms with E-state index in [1.807, 2.05) is 30.3 Å². The highest BCUT2D eigenvalue weighted by Gasteiger charge is 2.34. The van der Waals surface area contributed by atoms with Gasteiger partial charge in [0.15, 0.2) is 0 Å². The van der Waals surface area contributed by atoms with Crippen LogP contribution < -0.4 is 0 Å². The SMILES string of the molecule is O=C(CC(F)(F)F)N1CCN(Cc2ccnc(Cc3nc4ccc(-c5ccnc(C(F)F)c5)cc4[nH]3)c2)CC1. The van der Waals surface area contributed by atoms with Crippen molar-refractivity contribution >= 4 is 16.9 Å². The summed E-state index contributed by atoms with van der Waals surface area (Å²) in [6.07, 6.45) is -5.04. The maximum Gasteiger partial charge on any atom is 0.397 e. The smallest absolute Gasteiger partial charge is 0.342 e. The van der Waals surface area contributed by atoms with Crippen LogP contribution in [0.15, 0.2) is 54.9 Å². The van der Waals surface area contributed by atoms with E-state index in [0.29, 0.717) is 37.4 Å². The molecule has 1 fully saturated rings. The first kappa shape index (κ1) is 26.7. The highest BCUT2D eigenvalue weighted by atomic mass is 19.4. The number of amides is 1. The van der Waals surface area contributed by atoms with Crippen LogP contribution in [0.25, 0.3) is 22.2 Å². The van der Waals surface area contributed by atoms with Gasteiger partial charge < -0.3 is 9.88 Å². The molecule has 1 aliphatic rings. The van der Waals surface area contributed by atoms with Gasteiger partial charge in [0.25, 0.3) is 6.43 Å². The molecule has 0 aliphatic carbocycles. The van der Waals surface area contributed by atoms with Crippen LogP contribution in [0.3, 0.4) is 0 Å². The largest absolute Gasteiger partial charge is 0.397 e. The predicted octanol–water partition coefficient (Wildman–Crippen LogP) is 5.14. The lowest BCUT2D eigenvalue weighted by Gasteiger charge is -2.35. The minimum atomic E-state index is -4.50. The van der Waals surface area contributed by atoms with E-state index in [9.17, 15) is 26.7 Å². The Morgan fingerprint density at radius 1 is 0.949 bits per heavy atom. The molecule has 4 aromatic rings. The number of carbonyl (C=O) groups is 1. The van der Waals surface area contributed by atoms with E-state index in [-0.39, 0.29) is 18.8 Å². The molecule has 1 aliphatic heterocycles. The zero-order chi connectivity index (χ0) is 27.6. The van der Waals surface area contributed by atoms with Crippen molar-refractivity contribution in [3.63, 3.8) is 0 Å². The van der Waals surface area contributed by atoms with Gasteiger partial charge >= 0.3 is 6.18 Å². The lowest BCUT2D eigenvalue weighted by molar-refractivity contribution is -0.162. The fourth-order valence-electron chi connectivity index (χ4n) is 4.66. The highest BCUT2D eigenvalue weighted by molar-refractivity contribution is 5.82. The summed E-state index contributed by atoms with van der Waals surface area (Å²) in [5.74, 6) is -0.184. The van der Waals surface area contributed by atoms with E-state index in [4.69, 9.17) is 0 Å². The number of aromatic amines is 1. The molecule has 12 heteroatoms. The number of H-pyrrole nitrogens is 1. The van der Waals surface area contributed by atoms with Crippen LogP contribution in [0.2, 0.25) is 0 Å². The number of imidazole rings is 1. The molecule has 1 aromatic carbocycles. The number of nitrogens with zero attached hydrogens (tertiary/aromatic N) is 5. The van der Waals surface area contributed by atoms with Gasteiger partial charge in [-0.1, -0.05) is 6.07 Å². The molecule has 0 atom stereocenters. The van der Waals surface area contributed by atoms with Gasteiger partial charge in [-0.05, 0) is 53.1 Å². The number of pyridine rings is 2. The Morgan fingerprint density at radius 2 is 1.69 bits per heavy atom. The molecule has 5 rings (SSSR count). The number of carbonyl (C=O) groups excluding carboxylic acids is 1. The molecule has 1 N–H and O–H groups in total. The number of piperazine rings is 1. The second-order valence-electron chi connectivity index (χ2n) is 9.47. The van der Waals surface area contributed by atoms with Gasteiger partial charge in [-0.2, -0.15) is 13.2 Å². The third-order valence-electron chi connectivity index (χ3n) is 6.58. The topological polar surface area (TPSA) is 78.0 Å². The van der Waals surface area contributed by atoms with E-state index in [0.717, 1.165) is 27.9 Å². The van der Waals surface area contributed by atoms with Crippen molar-refractivity contribution in [1.29, 1.82) is 0 Å². The predicted molar refractivity (Wildman–Crippen MR) is 134 cm³/mol. The summed E-state index contributed by atoms with van der Waals surface area (Å²) in [5, 5.41) is 0. The molecule has 1 saturated heterocycles. The monoisotopic (exact) mass is 544 g/mol. The Morgan fingerprint density at radius 3 is 2.44 bits per heavy atom. The number of fused-ring (bicyclic) bond motifs is 1. The molecule has 3 aromatic heterocycles. The third-order valence-corrected chi connectivity index (χ3v) is 6.58. The van der Waals surface area contributed by atoms with Crippen molar-refractivity contribution < 1.29 is 26.7 Å². The Bertz CT molecular complexity index is 1460. The number of hydrogen-bond acceptors (Lipinski definition) is 5. The van der Waals surface area contributed by atoms with E-state index in [2.05, 4.69) is 24.8 Å². The molecule has 0 unspecified atom stereocenters. The average molecular weight is 545 g/mol. The van der Waals surface area contributed by atoms with Crippen molar-refractivity contribution in [2.45, 2.75) is 32.0 Å². The van der Waals surface area contributed by atoms with Crippen molar-refractivity contribution in [3.05, 3.63) is 77.6 Å². The lowest BCUT2D eigenvalue weighted by atomic mass is 10.1. The van der Waals surface area contributed by atoms with Crippen LogP contribution in [0, 0.1) is 0 Å². The number of aromatic nitrogens is 4. The summed E-state index contributed by atoms with van der Waals surface area (Å²) in [6.45, 7) is 2.09. The van der Waals surface area contributed by atoms with Crippen LogP contribution in [0.1, 0.15) is 35.6 Å². The first-order chi connectivity index (χ1) is 18.6. The zero-order valence-corrected chi connectivity index (χ0v) is 20.8. The van der Waals surface area contributed by atoms with Crippen molar-refractivity contribution in [1.82, 2.24) is 29.7 Å². The average Bonchev–Trinajstić information content (AvgIpc) is 3.30.